The molecule has 1 aromatic carbocycles. The standard InChI is InChI=1S/C13H11N3O3/c1-2-16-6-7-3-4-9-10(11(7)15-16)12(17)8(5-14-9)13(18)19/h3-6,15H,2H2,1H3,(H,18,19). The van der Waals surface area contributed by atoms with E-state index in [1.807, 2.05) is 23.9 Å². The maximum absolute atomic E-state index is 12.2. The molecule has 2 N–H and O–H groups in total. The van der Waals surface area contributed by atoms with Crippen LogP contribution in [0.3, 0.4) is 0 Å². The van der Waals surface area contributed by atoms with Gasteiger partial charge in [0.2, 0.25) is 5.43 Å². The van der Waals surface area contributed by atoms with Crippen molar-refractivity contribution in [2.45, 2.75) is 13.5 Å². The molecule has 2 aromatic heterocycles. The fourth-order valence-electron chi connectivity index (χ4n) is 2.17. The van der Waals surface area contributed by atoms with E-state index >= 15 is 0 Å². The molecule has 19 heavy (non-hydrogen) atoms. The quantitative estimate of drug-likeness (QED) is 0.729. The van der Waals surface area contributed by atoms with Crippen LogP contribution in [0.2, 0.25) is 0 Å². The van der Waals surface area contributed by atoms with Crippen molar-refractivity contribution in [1.29, 1.82) is 0 Å². The minimum Gasteiger partial charge on any atom is -0.477 e. The Morgan fingerprint density at radius 1 is 1.47 bits per heavy atom. The number of H-pyrrole nitrogens is 1. The number of carboxylic acid groups (broad SMARTS) is 1. The van der Waals surface area contributed by atoms with Gasteiger partial charge in [-0.25, -0.2) is 4.79 Å². The second-order valence-electron chi connectivity index (χ2n) is 4.26. The zero-order chi connectivity index (χ0) is 13.6. The van der Waals surface area contributed by atoms with E-state index in [1.165, 1.54) is 0 Å². The molecule has 2 heterocycles. The van der Waals surface area contributed by atoms with Crippen LogP contribution in [0.15, 0.2) is 29.3 Å². The third-order valence-electron chi connectivity index (χ3n) is 3.14. The lowest BCUT2D eigenvalue weighted by Gasteiger charge is -1.99. The largest absolute Gasteiger partial charge is 0.477 e. The summed E-state index contributed by atoms with van der Waals surface area (Å²) in [5.74, 6) is -1.26. The Labute approximate surface area is 107 Å². The number of hydrogen-bond acceptors (Lipinski definition) is 3. The smallest absolute Gasteiger partial charge is 0.341 e. The highest BCUT2D eigenvalue weighted by molar-refractivity contribution is 6.05. The van der Waals surface area contributed by atoms with Crippen LogP contribution in [0.4, 0.5) is 0 Å². The molecule has 0 fully saturated rings. The number of nitrogens with one attached hydrogen (secondary N) is 1. The number of pyridine rings is 1. The molecule has 0 spiro atoms. The molecule has 0 radical (unpaired) electrons. The monoisotopic (exact) mass is 257 g/mol. The number of benzene rings is 1. The van der Waals surface area contributed by atoms with Crippen LogP contribution in [-0.4, -0.2) is 25.8 Å². The molecule has 6 nitrogen and oxygen atoms in total. The number of aromatic amines is 1. The van der Waals surface area contributed by atoms with Crippen LogP contribution in [0.5, 0.6) is 0 Å². The number of aromatic nitrogens is 3. The fourth-order valence-corrected chi connectivity index (χ4v) is 2.17. The second-order valence-corrected chi connectivity index (χ2v) is 4.26. The van der Waals surface area contributed by atoms with Crippen LogP contribution in [-0.2, 0) is 6.54 Å². The number of carboxylic acids is 1. The van der Waals surface area contributed by atoms with E-state index < -0.39 is 11.4 Å². The summed E-state index contributed by atoms with van der Waals surface area (Å²) >= 11 is 0. The van der Waals surface area contributed by atoms with E-state index in [0.717, 1.165) is 18.1 Å². The lowest BCUT2D eigenvalue weighted by Crippen LogP contribution is -2.15. The number of carbonyl (C=O) groups is 1. The number of hydrogen-bond donors (Lipinski definition) is 2. The molecule has 0 aliphatic carbocycles. The average Bonchev–Trinajstić information content (AvgIpc) is 2.81. The van der Waals surface area contributed by atoms with E-state index in [4.69, 9.17) is 5.11 Å². The SMILES string of the molecule is CCn1cc2ccc3ncc(C(=O)O)c(=O)c3c2[nH]1. The van der Waals surface area contributed by atoms with Gasteiger partial charge >= 0.3 is 5.97 Å². The molecular formula is C13H11N3O3. The number of rotatable bonds is 2. The first-order chi connectivity index (χ1) is 9.11. The van der Waals surface area contributed by atoms with E-state index in [-0.39, 0.29) is 5.56 Å². The Morgan fingerprint density at radius 2 is 2.26 bits per heavy atom. The van der Waals surface area contributed by atoms with Crippen molar-refractivity contribution in [3.63, 3.8) is 0 Å². The maximum atomic E-state index is 12.2. The minimum atomic E-state index is -1.26. The van der Waals surface area contributed by atoms with E-state index in [2.05, 4.69) is 10.1 Å². The van der Waals surface area contributed by atoms with Crippen molar-refractivity contribution < 1.29 is 9.90 Å². The Balaban J connectivity index is 2.51. The van der Waals surface area contributed by atoms with Crippen molar-refractivity contribution in [1.82, 2.24) is 14.8 Å². The highest BCUT2D eigenvalue weighted by Gasteiger charge is 2.15. The van der Waals surface area contributed by atoms with Gasteiger partial charge in [-0.05, 0) is 19.1 Å². The number of aromatic carboxylic acids is 1. The van der Waals surface area contributed by atoms with Crippen molar-refractivity contribution >= 4 is 27.8 Å². The predicted octanol–water partition coefficient (Wildman–Crippen LogP) is 1.60. The second kappa shape index (κ2) is 3.94. The molecule has 0 saturated heterocycles. The molecule has 3 rings (SSSR count). The normalized spacial score (nSPS) is 11.2. The lowest BCUT2D eigenvalue weighted by atomic mass is 10.1. The zero-order valence-electron chi connectivity index (χ0n) is 10.2. The van der Waals surface area contributed by atoms with E-state index in [1.54, 1.807) is 6.07 Å². The number of fused-ring (bicyclic) bond motifs is 3. The van der Waals surface area contributed by atoms with Gasteiger partial charge in [-0.3, -0.25) is 19.6 Å². The summed E-state index contributed by atoms with van der Waals surface area (Å²) in [6.07, 6.45) is 2.98. The number of aryl methyl sites for hydroxylation is 1. The fraction of sp³-hybridized carbons (Fsp3) is 0.154. The first kappa shape index (κ1) is 11.5. The van der Waals surface area contributed by atoms with Crippen LogP contribution < -0.4 is 5.43 Å². The van der Waals surface area contributed by atoms with Gasteiger partial charge in [-0.2, -0.15) is 0 Å². The van der Waals surface area contributed by atoms with Gasteiger partial charge in [0, 0.05) is 24.3 Å². The summed E-state index contributed by atoms with van der Waals surface area (Å²) in [7, 11) is 0. The summed E-state index contributed by atoms with van der Waals surface area (Å²) in [4.78, 5) is 27.3. The van der Waals surface area contributed by atoms with Gasteiger partial charge in [0.1, 0.15) is 5.56 Å². The molecule has 0 aliphatic heterocycles. The molecule has 0 amide bonds. The highest BCUT2D eigenvalue weighted by Crippen LogP contribution is 2.20. The molecule has 0 atom stereocenters. The van der Waals surface area contributed by atoms with Crippen molar-refractivity contribution in [3.8, 4) is 0 Å². The minimum absolute atomic E-state index is 0.308. The van der Waals surface area contributed by atoms with Gasteiger partial charge in [0.05, 0.1) is 16.4 Å². The maximum Gasteiger partial charge on any atom is 0.341 e. The molecule has 0 bridgehead atoms. The number of nitrogens with zero attached hydrogens (tertiary/aromatic N) is 2. The topological polar surface area (TPSA) is 88.0 Å². The summed E-state index contributed by atoms with van der Waals surface area (Å²) < 4.78 is 1.83. The van der Waals surface area contributed by atoms with Gasteiger partial charge in [-0.15, -0.1) is 0 Å². The van der Waals surface area contributed by atoms with Crippen LogP contribution in [0.1, 0.15) is 17.3 Å². The van der Waals surface area contributed by atoms with Crippen LogP contribution in [0, 0.1) is 0 Å². The average molecular weight is 257 g/mol. The highest BCUT2D eigenvalue weighted by atomic mass is 16.4. The molecular weight excluding hydrogens is 246 g/mol. The molecule has 6 heteroatoms. The summed E-state index contributed by atoms with van der Waals surface area (Å²) in [6, 6.07) is 3.58. The Hall–Kier alpha value is -2.63. The summed E-state index contributed by atoms with van der Waals surface area (Å²) in [6.45, 7) is 2.70. The third kappa shape index (κ3) is 1.61. The lowest BCUT2D eigenvalue weighted by molar-refractivity contribution is 0.0695. The van der Waals surface area contributed by atoms with E-state index in [9.17, 15) is 9.59 Å². The van der Waals surface area contributed by atoms with Gasteiger partial charge in [-0.1, -0.05) is 0 Å². The molecule has 96 valence electrons. The molecule has 3 aromatic rings. The predicted molar refractivity (Wildman–Crippen MR) is 70.5 cm³/mol. The van der Waals surface area contributed by atoms with Gasteiger partial charge in [0.25, 0.3) is 0 Å². The van der Waals surface area contributed by atoms with Gasteiger partial charge in [0.15, 0.2) is 0 Å². The summed E-state index contributed by atoms with van der Waals surface area (Å²) in [5.41, 5.74) is 0.304. The third-order valence-corrected chi connectivity index (χ3v) is 3.14. The Kier molecular flexibility index (Phi) is 2.38. The zero-order valence-corrected chi connectivity index (χ0v) is 10.2. The van der Waals surface area contributed by atoms with Crippen LogP contribution >= 0.6 is 0 Å². The first-order valence-corrected chi connectivity index (χ1v) is 5.86. The van der Waals surface area contributed by atoms with Crippen LogP contribution in [0.25, 0.3) is 21.8 Å². The molecule has 0 saturated carbocycles. The van der Waals surface area contributed by atoms with E-state index in [0.29, 0.717) is 16.4 Å². The Morgan fingerprint density at radius 3 is 2.95 bits per heavy atom. The van der Waals surface area contributed by atoms with Crippen molar-refractivity contribution in [3.05, 3.63) is 40.3 Å². The van der Waals surface area contributed by atoms with Gasteiger partial charge < -0.3 is 5.11 Å². The summed E-state index contributed by atoms with van der Waals surface area (Å²) in [5, 5.41) is 13.3. The molecule has 0 aliphatic rings. The first-order valence-electron chi connectivity index (χ1n) is 5.86. The molecule has 0 unspecified atom stereocenters. The van der Waals surface area contributed by atoms with Crippen molar-refractivity contribution in [2.24, 2.45) is 0 Å². The Bertz CT molecular complexity index is 861. The van der Waals surface area contributed by atoms with Crippen molar-refractivity contribution in [2.75, 3.05) is 0 Å².